The van der Waals surface area contributed by atoms with Crippen LogP contribution in [0.5, 0.6) is 0 Å². The van der Waals surface area contributed by atoms with E-state index in [0.29, 0.717) is 23.2 Å². The molecule has 0 N–H and O–H groups in total. The normalized spacial score (nSPS) is 41.1. The molecule has 2 saturated carbocycles. The van der Waals surface area contributed by atoms with Crippen molar-refractivity contribution in [2.45, 2.75) is 95.4 Å². The van der Waals surface area contributed by atoms with Gasteiger partial charge in [0, 0.05) is 24.7 Å². The van der Waals surface area contributed by atoms with Gasteiger partial charge in [0.25, 0.3) is 0 Å². The zero-order valence-corrected chi connectivity index (χ0v) is 20.9. The summed E-state index contributed by atoms with van der Waals surface area (Å²) in [6, 6.07) is 0. The minimum atomic E-state index is -2.24. The van der Waals surface area contributed by atoms with E-state index in [4.69, 9.17) is 18.6 Å². The molecule has 0 amide bonds. The van der Waals surface area contributed by atoms with Gasteiger partial charge >= 0.3 is 11.9 Å². The van der Waals surface area contributed by atoms with E-state index in [1.54, 1.807) is 0 Å². The first-order chi connectivity index (χ1) is 14.5. The molecule has 174 valence electrons. The van der Waals surface area contributed by atoms with Crippen molar-refractivity contribution in [2.75, 3.05) is 6.61 Å². The zero-order chi connectivity index (χ0) is 22.9. The average Bonchev–Trinajstić information content (AvgIpc) is 3.15. The van der Waals surface area contributed by atoms with Gasteiger partial charge in [0.1, 0.15) is 18.3 Å². The Labute approximate surface area is 187 Å². The second-order valence-electron chi connectivity index (χ2n) is 10.9. The van der Waals surface area contributed by atoms with Gasteiger partial charge in [0.15, 0.2) is 0 Å². The third-order valence-corrected chi connectivity index (χ3v) is 14.8. The van der Waals surface area contributed by atoms with Gasteiger partial charge in [-0.3, -0.25) is 9.59 Å². The van der Waals surface area contributed by atoms with Gasteiger partial charge in [-0.25, -0.2) is 0 Å². The maximum Gasteiger partial charge on any atom is 0.312 e. The third kappa shape index (κ3) is 3.02. The molecule has 4 fully saturated rings. The Hall–Kier alpha value is -1.18. The van der Waals surface area contributed by atoms with E-state index in [2.05, 4.69) is 48.1 Å². The van der Waals surface area contributed by atoms with Gasteiger partial charge in [-0.1, -0.05) is 47.6 Å². The Kier molecular flexibility index (Phi) is 5.71. The van der Waals surface area contributed by atoms with Crippen LogP contribution in [0.15, 0.2) is 12.7 Å². The molecule has 31 heavy (non-hydrogen) atoms. The number of hydrogen-bond acceptors (Lipinski definition) is 6. The molecule has 7 heteroatoms. The Morgan fingerprint density at radius 3 is 2.26 bits per heavy atom. The number of carbonyl (C=O) groups excluding carboxylic acids is 2. The predicted molar refractivity (Wildman–Crippen MR) is 119 cm³/mol. The molecule has 0 radical (unpaired) electrons. The van der Waals surface area contributed by atoms with Crippen molar-refractivity contribution in [3.8, 4) is 0 Å². The molecule has 0 aromatic rings. The maximum absolute atomic E-state index is 12.2. The highest BCUT2D eigenvalue weighted by Gasteiger charge is 2.77. The summed E-state index contributed by atoms with van der Waals surface area (Å²) in [5.74, 6) is -0.536. The SMILES string of the molecule is C=C[C@H]1[C@@H](OC(C)=O)[C@H](O[Si](C(C)C)(C(C)C)C(C)C)[C@@H]2[C@H]1O[C@@]13COC(=O)[C@@H]1C[C@@H]23. The molecule has 0 aromatic carbocycles. The first-order valence-corrected chi connectivity index (χ1v) is 14.0. The number of ether oxygens (including phenoxy) is 3. The fourth-order valence-corrected chi connectivity index (χ4v) is 13.1. The molecule has 0 bridgehead atoms. The number of fused-ring (bicyclic) bond motifs is 2. The molecule has 6 nitrogen and oxygen atoms in total. The molecule has 4 aliphatic rings. The average molecular weight is 451 g/mol. The van der Waals surface area contributed by atoms with Gasteiger partial charge in [-0.15, -0.1) is 6.58 Å². The lowest BCUT2D eigenvalue weighted by Crippen LogP contribution is -2.59. The minimum Gasteiger partial charge on any atom is -0.462 e. The maximum atomic E-state index is 12.2. The number of hydrogen-bond donors (Lipinski definition) is 0. The van der Waals surface area contributed by atoms with Crippen molar-refractivity contribution in [1.82, 2.24) is 0 Å². The second-order valence-corrected chi connectivity index (χ2v) is 16.3. The molecule has 1 spiro atoms. The molecule has 2 aliphatic carbocycles. The number of esters is 2. The van der Waals surface area contributed by atoms with E-state index >= 15 is 0 Å². The molecule has 8 atom stereocenters. The summed E-state index contributed by atoms with van der Waals surface area (Å²) in [6.45, 7) is 19.4. The van der Waals surface area contributed by atoms with Crippen LogP contribution in [0.1, 0.15) is 54.9 Å². The van der Waals surface area contributed by atoms with Crippen LogP contribution in [0.2, 0.25) is 16.6 Å². The second kappa shape index (κ2) is 7.70. The lowest BCUT2D eigenvalue weighted by Gasteiger charge is -2.49. The van der Waals surface area contributed by atoms with E-state index in [9.17, 15) is 9.59 Å². The number of rotatable bonds is 7. The van der Waals surface area contributed by atoms with Crippen LogP contribution in [0, 0.1) is 23.7 Å². The van der Waals surface area contributed by atoms with Crippen molar-refractivity contribution in [3.05, 3.63) is 12.7 Å². The fourth-order valence-electron chi connectivity index (χ4n) is 7.56. The summed E-state index contributed by atoms with van der Waals surface area (Å²) in [6.07, 6.45) is 1.77. The summed E-state index contributed by atoms with van der Waals surface area (Å²) in [7, 11) is -2.24. The molecule has 0 unspecified atom stereocenters. The lowest BCUT2D eigenvalue weighted by molar-refractivity contribution is -0.169. The van der Waals surface area contributed by atoms with Crippen LogP contribution >= 0.6 is 0 Å². The standard InChI is InChI=1S/C24H38O6Si/c1-9-16-20-19(17-10-18-23(26)27-11-24(17,18)29-20)22(21(16)28-15(8)25)30-31(12(2)3,13(4)5)14(6)7/h9,12-14,16-22H,1,10-11H2,2-8H3/t16-,17+,18+,19+,20+,21-,22-,24-/m1/s1. The quantitative estimate of drug-likeness (QED) is 0.328. The first-order valence-electron chi connectivity index (χ1n) is 11.8. The van der Waals surface area contributed by atoms with E-state index < -0.39 is 20.0 Å². The van der Waals surface area contributed by atoms with Crippen LogP contribution < -0.4 is 0 Å². The Bertz CT molecular complexity index is 741. The van der Waals surface area contributed by atoms with Crippen LogP contribution in [-0.2, 0) is 28.2 Å². The minimum absolute atomic E-state index is 0.0706. The van der Waals surface area contributed by atoms with Crippen molar-refractivity contribution < 1.29 is 28.2 Å². The highest BCUT2D eigenvalue weighted by Crippen LogP contribution is 2.66. The van der Waals surface area contributed by atoms with Gasteiger partial charge in [0.2, 0.25) is 8.32 Å². The monoisotopic (exact) mass is 450 g/mol. The van der Waals surface area contributed by atoms with Crippen LogP contribution in [0.4, 0.5) is 0 Å². The topological polar surface area (TPSA) is 71.1 Å². The van der Waals surface area contributed by atoms with Crippen LogP contribution in [-0.4, -0.2) is 50.8 Å². The summed E-state index contributed by atoms with van der Waals surface area (Å²) in [4.78, 5) is 24.3. The summed E-state index contributed by atoms with van der Waals surface area (Å²) in [5, 5.41) is 0. The zero-order valence-electron chi connectivity index (χ0n) is 19.9. The molecule has 2 heterocycles. The third-order valence-electron chi connectivity index (χ3n) is 8.71. The van der Waals surface area contributed by atoms with E-state index in [1.807, 2.05) is 6.08 Å². The Balaban J connectivity index is 1.75. The van der Waals surface area contributed by atoms with Crippen molar-refractivity contribution in [2.24, 2.45) is 23.7 Å². The van der Waals surface area contributed by atoms with E-state index in [-0.39, 0.29) is 47.8 Å². The molecule has 4 rings (SSSR count). The van der Waals surface area contributed by atoms with Crippen molar-refractivity contribution >= 4 is 20.3 Å². The summed E-state index contributed by atoms with van der Waals surface area (Å²) < 4.78 is 25.2. The van der Waals surface area contributed by atoms with E-state index in [1.165, 1.54) is 6.92 Å². The molecule has 2 aliphatic heterocycles. The molecular formula is C24H38O6Si. The smallest absolute Gasteiger partial charge is 0.312 e. The number of cyclic esters (lactones) is 1. The Morgan fingerprint density at radius 2 is 1.77 bits per heavy atom. The van der Waals surface area contributed by atoms with Crippen molar-refractivity contribution in [3.63, 3.8) is 0 Å². The summed E-state index contributed by atoms with van der Waals surface area (Å²) >= 11 is 0. The van der Waals surface area contributed by atoms with E-state index in [0.717, 1.165) is 6.42 Å². The Morgan fingerprint density at radius 1 is 1.16 bits per heavy atom. The van der Waals surface area contributed by atoms with Gasteiger partial charge in [0.05, 0.1) is 18.1 Å². The predicted octanol–water partition coefficient (Wildman–Crippen LogP) is 4.24. The van der Waals surface area contributed by atoms with Crippen molar-refractivity contribution in [1.29, 1.82) is 0 Å². The summed E-state index contributed by atoms with van der Waals surface area (Å²) in [5.41, 5.74) is 0.698. The number of carbonyl (C=O) groups is 2. The highest BCUT2D eigenvalue weighted by atomic mass is 28.4. The molecule has 0 aromatic heterocycles. The first kappa shape index (κ1) is 23.0. The molecule has 2 saturated heterocycles. The fraction of sp³-hybridized carbons (Fsp3) is 0.833. The van der Waals surface area contributed by atoms with Crippen LogP contribution in [0.3, 0.4) is 0 Å². The largest absolute Gasteiger partial charge is 0.462 e. The van der Waals surface area contributed by atoms with Crippen LogP contribution in [0.25, 0.3) is 0 Å². The lowest BCUT2D eigenvalue weighted by atomic mass is 9.59. The van der Waals surface area contributed by atoms with Gasteiger partial charge < -0.3 is 18.6 Å². The highest BCUT2D eigenvalue weighted by molar-refractivity contribution is 6.77. The van der Waals surface area contributed by atoms with Gasteiger partial charge in [-0.05, 0) is 23.0 Å². The van der Waals surface area contributed by atoms with Gasteiger partial charge in [-0.2, -0.15) is 0 Å². The molecular weight excluding hydrogens is 412 g/mol.